The van der Waals surface area contributed by atoms with Crippen molar-refractivity contribution in [2.24, 2.45) is 0 Å². The van der Waals surface area contributed by atoms with Crippen LogP contribution in [0.15, 0.2) is 37.0 Å². The average Bonchev–Trinajstić information content (AvgIpc) is 2.96. The molecule has 0 unspecified atom stereocenters. The summed E-state index contributed by atoms with van der Waals surface area (Å²) in [6.45, 7) is 11.9. The lowest BCUT2D eigenvalue weighted by molar-refractivity contribution is -0.689. The highest BCUT2D eigenvalue weighted by Gasteiger charge is 2.16. The fourth-order valence-electron chi connectivity index (χ4n) is 1.96. The maximum Gasteiger partial charge on any atom is 0.225 e. The van der Waals surface area contributed by atoms with Crippen LogP contribution in [0.25, 0.3) is 0 Å². The van der Waals surface area contributed by atoms with Crippen molar-refractivity contribution >= 4 is 38.7 Å². The van der Waals surface area contributed by atoms with Gasteiger partial charge in [-0.05, 0) is 6.92 Å². The minimum atomic E-state index is 0. The molecule has 0 atom stereocenters. The topological polar surface area (TPSA) is 75.9 Å². The van der Waals surface area contributed by atoms with Crippen LogP contribution in [-0.4, -0.2) is 33.2 Å². The Morgan fingerprint density at radius 1 is 1.26 bits per heavy atom. The Morgan fingerprint density at radius 3 is 2.41 bits per heavy atom. The molecule has 2 aromatic heterocycles. The lowest BCUT2D eigenvalue weighted by Gasteiger charge is -2.01. The summed E-state index contributed by atoms with van der Waals surface area (Å²) < 4.78 is 2.11. The molecule has 150 valence electrons. The van der Waals surface area contributed by atoms with Gasteiger partial charge in [-0.3, -0.25) is 0 Å². The molecule has 0 fully saturated rings. The highest BCUT2D eigenvalue weighted by atomic mass is 35.5. The average molecular weight is 447 g/mol. The predicted octanol–water partition coefficient (Wildman–Crippen LogP) is 0.352. The molecule has 0 spiro atoms. The predicted molar refractivity (Wildman–Crippen MR) is 116 cm³/mol. The number of nitrogen functional groups attached to an aromatic ring is 1. The molecule has 9 heteroatoms. The van der Waals surface area contributed by atoms with Crippen LogP contribution in [0.3, 0.4) is 0 Å². The molecule has 0 aliphatic carbocycles. The van der Waals surface area contributed by atoms with Crippen molar-refractivity contribution in [1.29, 1.82) is 0 Å². The second-order valence-electron chi connectivity index (χ2n) is 5.31. The highest BCUT2D eigenvalue weighted by molar-refractivity contribution is 8.76. The number of aliphatic hydroxyl groups is 1. The normalized spacial score (nSPS) is 9.74. The number of aromatic nitrogens is 3. The van der Waals surface area contributed by atoms with Gasteiger partial charge in [0.05, 0.1) is 10.4 Å². The molecule has 0 amide bonds. The van der Waals surface area contributed by atoms with E-state index in [1.54, 1.807) is 39.1 Å². The lowest BCUT2D eigenvalue weighted by Crippen LogP contribution is -3.00. The van der Waals surface area contributed by atoms with Crippen LogP contribution in [0.4, 0.5) is 5.82 Å². The molecule has 0 aromatic carbocycles. The zero-order chi connectivity index (χ0) is 19.4. The van der Waals surface area contributed by atoms with Gasteiger partial charge in [-0.2, -0.15) is 4.57 Å². The van der Waals surface area contributed by atoms with Crippen molar-refractivity contribution in [1.82, 2.24) is 9.97 Å². The number of rotatable bonds is 9. The number of aryl methyl sites for hydroxylation is 1. The van der Waals surface area contributed by atoms with Gasteiger partial charge in [0.1, 0.15) is 11.6 Å². The Hall–Kier alpha value is -1.06. The Bertz CT molecular complexity index is 700. The fourth-order valence-corrected chi connectivity index (χ4v) is 4.48. The summed E-state index contributed by atoms with van der Waals surface area (Å²) in [6, 6.07) is 0. The first kappa shape index (κ1) is 25.9. The standard InChI is InChI=1S/C12H17N4OS.C6H10S2.ClH/c1-8-11(3-4-17)18-7-16(8)6-10-5-14-9(2)15-12(10)13;1-3-5-7-8-6-4-2;/h5,7,17H,3-4,6H2,1-2H3,(H2,13,14,15);3-4H,1-2,5-6H2;1H/q+1;;/p-1. The quantitative estimate of drug-likeness (QED) is 0.250. The molecule has 0 bridgehead atoms. The maximum atomic E-state index is 8.98. The zero-order valence-electron chi connectivity index (χ0n) is 15.7. The van der Waals surface area contributed by atoms with Crippen LogP contribution in [0.2, 0.25) is 0 Å². The van der Waals surface area contributed by atoms with E-state index >= 15 is 0 Å². The van der Waals surface area contributed by atoms with E-state index in [9.17, 15) is 0 Å². The number of hydrogen-bond acceptors (Lipinski definition) is 7. The first-order valence-electron chi connectivity index (χ1n) is 8.14. The van der Waals surface area contributed by atoms with Crippen LogP contribution in [0, 0.1) is 13.8 Å². The Balaban J connectivity index is 0.000000645. The fraction of sp³-hybridized carbons (Fsp3) is 0.389. The third-order valence-electron chi connectivity index (χ3n) is 3.31. The van der Waals surface area contributed by atoms with Crippen molar-refractivity contribution in [2.45, 2.75) is 26.8 Å². The number of nitrogens with two attached hydrogens (primary N) is 1. The smallest absolute Gasteiger partial charge is 0.225 e. The van der Waals surface area contributed by atoms with Crippen LogP contribution >= 0.6 is 32.9 Å². The van der Waals surface area contributed by atoms with Gasteiger partial charge < -0.3 is 23.2 Å². The van der Waals surface area contributed by atoms with E-state index in [1.165, 1.54) is 4.88 Å². The largest absolute Gasteiger partial charge is 1.00 e. The first-order valence-corrected chi connectivity index (χ1v) is 11.5. The highest BCUT2D eigenvalue weighted by Crippen LogP contribution is 2.20. The Morgan fingerprint density at radius 2 is 1.89 bits per heavy atom. The molecule has 2 aromatic rings. The van der Waals surface area contributed by atoms with Crippen LogP contribution in [-0.2, 0) is 13.0 Å². The summed E-state index contributed by atoms with van der Waals surface area (Å²) in [5.41, 5.74) is 10.0. The molecule has 0 aliphatic rings. The van der Waals surface area contributed by atoms with E-state index in [2.05, 4.69) is 27.7 Å². The summed E-state index contributed by atoms with van der Waals surface area (Å²) in [5, 5.41) is 8.98. The van der Waals surface area contributed by atoms with E-state index in [0.29, 0.717) is 24.6 Å². The molecule has 2 rings (SSSR count). The maximum absolute atomic E-state index is 8.98. The number of thiazole rings is 1. The van der Waals surface area contributed by atoms with Gasteiger partial charge in [-0.15, -0.1) is 13.2 Å². The summed E-state index contributed by atoms with van der Waals surface area (Å²) in [5.74, 6) is 3.27. The molecule has 2 heterocycles. The lowest BCUT2D eigenvalue weighted by atomic mass is 10.2. The molecule has 0 saturated heterocycles. The van der Waals surface area contributed by atoms with Crippen molar-refractivity contribution in [2.75, 3.05) is 23.8 Å². The van der Waals surface area contributed by atoms with Gasteiger partial charge in [0.15, 0.2) is 12.2 Å². The molecular formula is C18H27ClN4OS3. The number of nitrogens with zero attached hydrogens (tertiary/aromatic N) is 3. The van der Waals surface area contributed by atoms with Crippen LogP contribution in [0.5, 0.6) is 0 Å². The van der Waals surface area contributed by atoms with E-state index in [1.807, 2.05) is 31.5 Å². The summed E-state index contributed by atoms with van der Waals surface area (Å²) >= 11 is 1.65. The zero-order valence-corrected chi connectivity index (χ0v) is 18.9. The van der Waals surface area contributed by atoms with Gasteiger partial charge >= 0.3 is 0 Å². The molecule has 27 heavy (non-hydrogen) atoms. The molecule has 5 nitrogen and oxygen atoms in total. The molecular weight excluding hydrogens is 420 g/mol. The summed E-state index contributed by atoms with van der Waals surface area (Å²) in [6.07, 6.45) is 6.28. The number of aliphatic hydroxyl groups excluding tert-OH is 1. The summed E-state index contributed by atoms with van der Waals surface area (Å²) in [7, 11) is 3.61. The minimum Gasteiger partial charge on any atom is -1.00 e. The summed E-state index contributed by atoms with van der Waals surface area (Å²) in [4.78, 5) is 9.53. The van der Waals surface area contributed by atoms with E-state index in [-0.39, 0.29) is 19.0 Å². The van der Waals surface area contributed by atoms with Gasteiger partial charge in [0, 0.05) is 37.7 Å². The number of hydrogen-bond donors (Lipinski definition) is 2. The SMILES string of the molecule is C=CCSSCC=C.Cc1ncc(C[n+]2csc(CCO)c2C)c(N)n1.[Cl-]. The molecule has 0 radical (unpaired) electrons. The van der Waals surface area contributed by atoms with Gasteiger partial charge in [-0.25, -0.2) is 9.97 Å². The Labute approximate surface area is 180 Å². The second-order valence-corrected chi connectivity index (χ2v) is 8.80. The van der Waals surface area contributed by atoms with E-state index in [4.69, 9.17) is 10.8 Å². The third-order valence-corrected chi connectivity index (χ3v) is 6.68. The van der Waals surface area contributed by atoms with Crippen LogP contribution in [0.1, 0.15) is 22.0 Å². The van der Waals surface area contributed by atoms with Crippen molar-refractivity contribution in [3.8, 4) is 0 Å². The van der Waals surface area contributed by atoms with Crippen molar-refractivity contribution < 1.29 is 22.1 Å². The third kappa shape index (κ3) is 9.62. The van der Waals surface area contributed by atoms with E-state index < -0.39 is 0 Å². The van der Waals surface area contributed by atoms with Gasteiger partial charge in [0.25, 0.3) is 0 Å². The second kappa shape index (κ2) is 14.9. The molecule has 3 N–H and O–H groups in total. The van der Waals surface area contributed by atoms with Gasteiger partial charge in [-0.1, -0.05) is 45.1 Å². The number of anilines is 1. The molecule has 0 aliphatic heterocycles. The van der Waals surface area contributed by atoms with Gasteiger partial charge in [0.2, 0.25) is 5.51 Å². The van der Waals surface area contributed by atoms with Crippen molar-refractivity contribution in [3.05, 3.63) is 59.0 Å². The molecule has 0 saturated carbocycles. The monoisotopic (exact) mass is 446 g/mol. The first-order chi connectivity index (χ1) is 12.5. The van der Waals surface area contributed by atoms with Crippen molar-refractivity contribution in [3.63, 3.8) is 0 Å². The van der Waals surface area contributed by atoms with E-state index in [0.717, 1.165) is 22.8 Å². The minimum absolute atomic E-state index is 0. The Kier molecular flexibility index (Phi) is 14.3. The number of halogens is 1. The van der Waals surface area contributed by atoms with Crippen LogP contribution < -0.4 is 22.7 Å².